The summed E-state index contributed by atoms with van der Waals surface area (Å²) in [5, 5.41) is 2.98. The SMILES string of the molecule is CCOC(=O)C1=C(CN(C)Cc2ccccc2)N(CC)C(=O)N[C@@H]1c1cc(OC)cc(OC)c1. The van der Waals surface area contributed by atoms with Crippen molar-refractivity contribution in [2.45, 2.75) is 26.4 Å². The molecule has 34 heavy (non-hydrogen) atoms. The summed E-state index contributed by atoms with van der Waals surface area (Å²) in [6.07, 6.45) is 0. The second-order valence-corrected chi connectivity index (χ2v) is 8.01. The van der Waals surface area contributed by atoms with Gasteiger partial charge in [0.2, 0.25) is 0 Å². The second kappa shape index (κ2) is 11.6. The largest absolute Gasteiger partial charge is 0.497 e. The maximum atomic E-state index is 13.3. The van der Waals surface area contributed by atoms with Gasteiger partial charge in [0.1, 0.15) is 11.5 Å². The number of urea groups is 1. The Bertz CT molecular complexity index is 1020. The third-order valence-electron chi connectivity index (χ3n) is 5.67. The smallest absolute Gasteiger partial charge is 0.338 e. The molecular formula is C26H33N3O5. The van der Waals surface area contributed by atoms with Crippen LogP contribution in [0, 0.1) is 0 Å². The lowest BCUT2D eigenvalue weighted by Crippen LogP contribution is -2.50. The van der Waals surface area contributed by atoms with E-state index >= 15 is 0 Å². The monoisotopic (exact) mass is 467 g/mol. The number of likely N-dealkylation sites (N-methyl/N-ethyl adjacent to an activating group) is 2. The molecule has 0 aliphatic carbocycles. The van der Waals surface area contributed by atoms with Crippen LogP contribution in [0.15, 0.2) is 59.8 Å². The minimum atomic E-state index is -0.710. The van der Waals surface area contributed by atoms with Crippen LogP contribution in [0.5, 0.6) is 11.5 Å². The topological polar surface area (TPSA) is 80.3 Å². The van der Waals surface area contributed by atoms with Crippen molar-refractivity contribution in [1.29, 1.82) is 0 Å². The summed E-state index contributed by atoms with van der Waals surface area (Å²) in [6, 6.07) is 14.4. The average molecular weight is 468 g/mol. The fourth-order valence-corrected chi connectivity index (χ4v) is 4.11. The van der Waals surface area contributed by atoms with Gasteiger partial charge >= 0.3 is 12.0 Å². The van der Waals surface area contributed by atoms with Gasteiger partial charge in [0.25, 0.3) is 0 Å². The molecule has 182 valence electrons. The van der Waals surface area contributed by atoms with E-state index in [9.17, 15) is 9.59 Å². The molecule has 0 fully saturated rings. The molecule has 1 N–H and O–H groups in total. The molecule has 1 atom stereocenters. The van der Waals surface area contributed by atoms with Crippen LogP contribution in [0.1, 0.15) is 31.0 Å². The Morgan fingerprint density at radius 2 is 1.68 bits per heavy atom. The van der Waals surface area contributed by atoms with Crippen LogP contribution in [0.4, 0.5) is 4.79 Å². The molecule has 0 unspecified atom stereocenters. The third kappa shape index (κ3) is 5.69. The van der Waals surface area contributed by atoms with Gasteiger partial charge in [0.15, 0.2) is 0 Å². The van der Waals surface area contributed by atoms with Gasteiger partial charge in [-0.1, -0.05) is 30.3 Å². The summed E-state index contributed by atoms with van der Waals surface area (Å²) >= 11 is 0. The van der Waals surface area contributed by atoms with Gasteiger partial charge < -0.3 is 19.5 Å². The molecular weight excluding hydrogens is 434 g/mol. The zero-order valence-corrected chi connectivity index (χ0v) is 20.5. The second-order valence-electron chi connectivity index (χ2n) is 8.01. The van der Waals surface area contributed by atoms with Crippen LogP contribution in [-0.2, 0) is 16.1 Å². The summed E-state index contributed by atoms with van der Waals surface area (Å²) in [4.78, 5) is 30.1. The highest BCUT2D eigenvalue weighted by Gasteiger charge is 2.38. The number of hydrogen-bond acceptors (Lipinski definition) is 6. The van der Waals surface area contributed by atoms with Gasteiger partial charge in [0, 0.05) is 31.4 Å². The first kappa shape index (κ1) is 25.1. The number of rotatable bonds is 10. The van der Waals surface area contributed by atoms with Crippen molar-refractivity contribution in [3.8, 4) is 11.5 Å². The number of methoxy groups -OCH3 is 2. The van der Waals surface area contributed by atoms with Crippen molar-refractivity contribution in [2.75, 3.05) is 41.0 Å². The summed E-state index contributed by atoms with van der Waals surface area (Å²) < 4.78 is 16.3. The van der Waals surface area contributed by atoms with Gasteiger partial charge in [-0.25, -0.2) is 9.59 Å². The summed E-state index contributed by atoms with van der Waals surface area (Å²) in [5.74, 6) is 0.663. The predicted octanol–water partition coefficient (Wildman–Crippen LogP) is 3.74. The zero-order chi connectivity index (χ0) is 24.7. The molecule has 1 heterocycles. The molecule has 0 spiro atoms. The molecule has 0 aromatic heterocycles. The van der Waals surface area contributed by atoms with E-state index in [1.165, 1.54) is 0 Å². The molecule has 0 saturated carbocycles. The number of ether oxygens (including phenoxy) is 3. The highest BCUT2D eigenvalue weighted by molar-refractivity contribution is 5.95. The Hall–Kier alpha value is -3.52. The van der Waals surface area contributed by atoms with Crippen LogP contribution in [0.3, 0.4) is 0 Å². The first-order valence-electron chi connectivity index (χ1n) is 11.3. The third-order valence-corrected chi connectivity index (χ3v) is 5.67. The Balaban J connectivity index is 2.09. The van der Waals surface area contributed by atoms with Crippen molar-refractivity contribution >= 4 is 12.0 Å². The quantitative estimate of drug-likeness (QED) is 0.536. The normalized spacial score (nSPS) is 15.9. The van der Waals surface area contributed by atoms with E-state index in [0.717, 1.165) is 5.56 Å². The molecule has 2 aromatic carbocycles. The van der Waals surface area contributed by atoms with Crippen molar-refractivity contribution in [3.05, 3.63) is 70.9 Å². The standard InChI is InChI=1S/C26H33N3O5/c1-6-29-22(17-28(3)16-18-11-9-8-10-12-18)23(25(30)34-7-2)24(27-26(29)31)19-13-20(32-4)15-21(14-19)33-5/h8-15,24H,6-7,16-17H2,1-5H3,(H,27,31)/t24-/m1/s1. The number of nitrogens with zero attached hydrogens (tertiary/aromatic N) is 2. The molecule has 1 aliphatic rings. The van der Waals surface area contributed by atoms with E-state index in [1.54, 1.807) is 44.2 Å². The van der Waals surface area contributed by atoms with E-state index in [1.807, 2.05) is 44.3 Å². The highest BCUT2D eigenvalue weighted by atomic mass is 16.5. The van der Waals surface area contributed by atoms with Crippen molar-refractivity contribution in [3.63, 3.8) is 0 Å². The number of amides is 2. The van der Waals surface area contributed by atoms with E-state index in [-0.39, 0.29) is 12.6 Å². The molecule has 2 amide bonds. The van der Waals surface area contributed by atoms with Gasteiger partial charge in [-0.05, 0) is 44.2 Å². The fourth-order valence-electron chi connectivity index (χ4n) is 4.11. The highest BCUT2D eigenvalue weighted by Crippen LogP contribution is 2.35. The Kier molecular flexibility index (Phi) is 8.54. The van der Waals surface area contributed by atoms with E-state index in [0.29, 0.717) is 48.0 Å². The number of carbonyl (C=O) groups excluding carboxylic acids is 2. The van der Waals surface area contributed by atoms with Crippen LogP contribution in [-0.4, -0.2) is 62.8 Å². The van der Waals surface area contributed by atoms with E-state index in [2.05, 4.69) is 10.2 Å². The lowest BCUT2D eigenvalue weighted by Gasteiger charge is -2.37. The Morgan fingerprint density at radius 3 is 2.24 bits per heavy atom. The van der Waals surface area contributed by atoms with Gasteiger partial charge in [0.05, 0.1) is 32.4 Å². The van der Waals surface area contributed by atoms with Crippen molar-refractivity contribution in [1.82, 2.24) is 15.1 Å². The molecule has 8 heteroatoms. The van der Waals surface area contributed by atoms with Gasteiger partial charge in [-0.2, -0.15) is 0 Å². The van der Waals surface area contributed by atoms with Crippen LogP contribution >= 0.6 is 0 Å². The number of esters is 1. The Morgan fingerprint density at radius 1 is 1.03 bits per heavy atom. The van der Waals surface area contributed by atoms with E-state index < -0.39 is 12.0 Å². The van der Waals surface area contributed by atoms with Gasteiger partial charge in [-0.15, -0.1) is 0 Å². The summed E-state index contributed by atoms with van der Waals surface area (Å²) in [6.45, 7) is 5.34. The van der Waals surface area contributed by atoms with Crippen molar-refractivity contribution in [2.24, 2.45) is 0 Å². The molecule has 1 aliphatic heterocycles. The number of hydrogen-bond donors (Lipinski definition) is 1. The van der Waals surface area contributed by atoms with Gasteiger partial charge in [-0.3, -0.25) is 9.80 Å². The zero-order valence-electron chi connectivity index (χ0n) is 20.5. The number of carbonyl (C=O) groups is 2. The number of benzene rings is 2. The predicted molar refractivity (Wildman–Crippen MR) is 130 cm³/mol. The van der Waals surface area contributed by atoms with Crippen LogP contribution in [0.25, 0.3) is 0 Å². The van der Waals surface area contributed by atoms with Crippen molar-refractivity contribution < 1.29 is 23.8 Å². The first-order valence-corrected chi connectivity index (χ1v) is 11.3. The van der Waals surface area contributed by atoms with Crippen LogP contribution < -0.4 is 14.8 Å². The molecule has 0 bridgehead atoms. The lowest BCUT2D eigenvalue weighted by molar-refractivity contribution is -0.139. The minimum Gasteiger partial charge on any atom is -0.497 e. The molecule has 3 rings (SSSR count). The summed E-state index contributed by atoms with van der Waals surface area (Å²) in [5.41, 5.74) is 2.83. The number of nitrogens with one attached hydrogen (secondary N) is 1. The molecule has 0 radical (unpaired) electrons. The molecule has 0 saturated heterocycles. The summed E-state index contributed by atoms with van der Waals surface area (Å²) in [7, 11) is 5.08. The molecule has 8 nitrogen and oxygen atoms in total. The first-order chi connectivity index (χ1) is 16.4. The molecule has 2 aromatic rings. The average Bonchev–Trinajstić information content (AvgIpc) is 2.84. The van der Waals surface area contributed by atoms with Crippen LogP contribution in [0.2, 0.25) is 0 Å². The lowest BCUT2D eigenvalue weighted by atomic mass is 9.93. The minimum absolute atomic E-state index is 0.226. The maximum Gasteiger partial charge on any atom is 0.338 e. The van der Waals surface area contributed by atoms with E-state index in [4.69, 9.17) is 14.2 Å². The Labute approximate surface area is 201 Å². The fraction of sp³-hybridized carbons (Fsp3) is 0.385. The maximum absolute atomic E-state index is 13.3.